The average molecular weight is 658 g/mol. The maximum atomic E-state index is 11.9. The lowest BCUT2D eigenvalue weighted by Crippen LogP contribution is -2.43. The molecule has 12 heteroatoms. The quantitative estimate of drug-likeness (QED) is 0.221. The molecule has 2 N–H and O–H groups in total. The number of aromatic nitrogens is 5. The molecule has 0 saturated carbocycles. The van der Waals surface area contributed by atoms with Crippen molar-refractivity contribution in [1.82, 2.24) is 40.0 Å². The first-order valence-corrected chi connectivity index (χ1v) is 16.0. The SMILES string of the molecule is CNCc1ncc(-c2cccc(-c3cccc(-c4cnc5c(CN6CCC7(CCC(=O)N7)C6)cn(C)c5n4)c3Cl)c2Cl)nc1OC. The number of ether oxygens (including phenoxy) is 1. The van der Waals surface area contributed by atoms with E-state index in [4.69, 9.17) is 37.9 Å². The van der Waals surface area contributed by atoms with Gasteiger partial charge in [0.25, 0.3) is 0 Å². The number of hydrogen-bond acceptors (Lipinski definition) is 8. The van der Waals surface area contributed by atoms with Gasteiger partial charge in [-0.3, -0.25) is 19.7 Å². The van der Waals surface area contributed by atoms with Gasteiger partial charge < -0.3 is 19.9 Å². The van der Waals surface area contributed by atoms with Crippen molar-refractivity contribution in [2.45, 2.75) is 37.9 Å². The minimum atomic E-state index is -0.0814. The summed E-state index contributed by atoms with van der Waals surface area (Å²) in [7, 11) is 5.41. The van der Waals surface area contributed by atoms with E-state index in [1.807, 2.05) is 55.1 Å². The monoisotopic (exact) mass is 656 g/mol. The molecule has 1 unspecified atom stereocenters. The molecule has 236 valence electrons. The van der Waals surface area contributed by atoms with Gasteiger partial charge in [0.1, 0.15) is 11.2 Å². The molecule has 2 fully saturated rings. The molecule has 1 amide bonds. The Bertz CT molecular complexity index is 1980. The van der Waals surface area contributed by atoms with Crippen LogP contribution >= 0.6 is 23.2 Å². The highest BCUT2D eigenvalue weighted by Crippen LogP contribution is 2.42. The van der Waals surface area contributed by atoms with E-state index in [2.05, 4.69) is 31.7 Å². The third-order valence-electron chi connectivity index (χ3n) is 8.99. The zero-order valence-electron chi connectivity index (χ0n) is 25.9. The first kappa shape index (κ1) is 30.6. The van der Waals surface area contributed by atoms with E-state index in [1.165, 1.54) is 0 Å². The number of carbonyl (C=O) groups is 1. The maximum Gasteiger partial charge on any atom is 0.237 e. The molecule has 2 aliphatic heterocycles. The number of nitrogens with one attached hydrogen (secondary N) is 2. The van der Waals surface area contributed by atoms with Crippen molar-refractivity contribution in [3.63, 3.8) is 0 Å². The Morgan fingerprint density at radius 2 is 1.65 bits per heavy atom. The third-order valence-corrected chi connectivity index (χ3v) is 9.81. The van der Waals surface area contributed by atoms with Crippen LogP contribution in [0.25, 0.3) is 44.8 Å². The van der Waals surface area contributed by atoms with E-state index in [9.17, 15) is 4.79 Å². The minimum Gasteiger partial charge on any atom is -0.480 e. The summed E-state index contributed by atoms with van der Waals surface area (Å²) in [5.74, 6) is 0.603. The zero-order chi connectivity index (χ0) is 32.0. The number of fused-ring (bicyclic) bond motifs is 1. The first-order chi connectivity index (χ1) is 22.3. The van der Waals surface area contributed by atoms with Gasteiger partial charge in [0.15, 0.2) is 5.65 Å². The second-order valence-electron chi connectivity index (χ2n) is 12.1. The molecular formula is C34H34Cl2N8O2. The molecule has 10 nitrogen and oxygen atoms in total. The van der Waals surface area contributed by atoms with Crippen molar-refractivity contribution in [3.8, 4) is 39.5 Å². The number of likely N-dealkylation sites (tertiary alicyclic amines) is 1. The fourth-order valence-electron chi connectivity index (χ4n) is 6.72. The van der Waals surface area contributed by atoms with Gasteiger partial charge in [-0.2, -0.15) is 0 Å². The molecule has 46 heavy (non-hydrogen) atoms. The highest BCUT2D eigenvalue weighted by atomic mass is 35.5. The lowest BCUT2D eigenvalue weighted by molar-refractivity contribution is -0.119. The van der Waals surface area contributed by atoms with Crippen LogP contribution in [0, 0.1) is 0 Å². The predicted molar refractivity (Wildman–Crippen MR) is 180 cm³/mol. The fraction of sp³-hybridized carbons (Fsp3) is 0.324. The minimum absolute atomic E-state index is 0.0814. The van der Waals surface area contributed by atoms with Gasteiger partial charge in [-0.25, -0.2) is 9.97 Å². The Morgan fingerprint density at radius 1 is 0.978 bits per heavy atom. The van der Waals surface area contributed by atoms with Crippen LogP contribution < -0.4 is 15.4 Å². The van der Waals surface area contributed by atoms with Crippen LogP contribution in [0.15, 0.2) is 55.0 Å². The molecule has 1 atom stereocenters. The number of hydrogen-bond donors (Lipinski definition) is 2. The standard InChI is InChI=1S/C34H34Cl2N8O2/c1-37-14-27-33(46-3)41-26(15-38-27)24-9-5-7-22(30(24)36)21-6-4-8-23(29(21)35)25-16-39-31-20(17-43(2)32(31)40-25)18-44-13-12-34(19-44)11-10-28(45)42-34/h4-9,15-17,37H,10-14,18-19H2,1-3H3,(H,42,45). The second-order valence-corrected chi connectivity index (χ2v) is 12.8. The Labute approximate surface area is 277 Å². The molecule has 0 bridgehead atoms. The first-order valence-electron chi connectivity index (χ1n) is 15.3. The fourth-order valence-corrected chi connectivity index (χ4v) is 7.37. The lowest BCUT2D eigenvalue weighted by atomic mass is 9.97. The van der Waals surface area contributed by atoms with E-state index in [1.54, 1.807) is 19.5 Å². The van der Waals surface area contributed by atoms with Gasteiger partial charge in [0, 0.05) is 73.7 Å². The van der Waals surface area contributed by atoms with Crippen molar-refractivity contribution in [1.29, 1.82) is 0 Å². The normalized spacial score (nSPS) is 18.2. The largest absolute Gasteiger partial charge is 0.480 e. The van der Waals surface area contributed by atoms with E-state index in [-0.39, 0.29) is 11.4 Å². The number of carbonyl (C=O) groups excluding carboxylic acids is 1. The van der Waals surface area contributed by atoms with Gasteiger partial charge in [-0.1, -0.05) is 59.6 Å². The van der Waals surface area contributed by atoms with Crippen LogP contribution in [-0.2, 0) is 24.9 Å². The lowest BCUT2D eigenvalue weighted by Gasteiger charge is -2.23. The van der Waals surface area contributed by atoms with Gasteiger partial charge in [-0.05, 0) is 19.9 Å². The van der Waals surface area contributed by atoms with Crippen molar-refractivity contribution >= 4 is 40.3 Å². The van der Waals surface area contributed by atoms with Gasteiger partial charge in [0.05, 0.1) is 46.5 Å². The molecular weight excluding hydrogens is 623 g/mol. The summed E-state index contributed by atoms with van der Waals surface area (Å²) in [4.78, 5) is 33.4. The smallest absolute Gasteiger partial charge is 0.237 e. The molecule has 5 aromatic rings. The summed E-state index contributed by atoms with van der Waals surface area (Å²) >= 11 is 14.1. The van der Waals surface area contributed by atoms with Crippen LogP contribution in [0.3, 0.4) is 0 Å². The Balaban J connectivity index is 1.19. The summed E-state index contributed by atoms with van der Waals surface area (Å²) < 4.78 is 7.50. The number of methoxy groups -OCH3 is 1. The predicted octanol–water partition coefficient (Wildman–Crippen LogP) is 5.65. The van der Waals surface area contributed by atoms with Gasteiger partial charge in [-0.15, -0.1) is 0 Å². The van der Waals surface area contributed by atoms with E-state index in [0.717, 1.165) is 71.5 Å². The van der Waals surface area contributed by atoms with E-state index < -0.39 is 0 Å². The van der Waals surface area contributed by atoms with Gasteiger partial charge in [0.2, 0.25) is 11.8 Å². The number of rotatable bonds is 8. The summed E-state index contributed by atoms with van der Waals surface area (Å²) in [6, 6.07) is 11.6. The van der Waals surface area contributed by atoms with Gasteiger partial charge >= 0.3 is 0 Å². The Morgan fingerprint density at radius 3 is 2.30 bits per heavy atom. The van der Waals surface area contributed by atoms with Crippen molar-refractivity contribution in [3.05, 3.63) is 76.3 Å². The van der Waals surface area contributed by atoms with Crippen LogP contribution in [0.5, 0.6) is 5.88 Å². The molecule has 7 rings (SSSR count). The average Bonchev–Trinajstić information content (AvgIpc) is 3.73. The molecule has 5 heterocycles. The number of benzene rings is 2. The second kappa shape index (κ2) is 12.3. The number of halogens is 2. The highest BCUT2D eigenvalue weighted by molar-refractivity contribution is 6.39. The van der Waals surface area contributed by atoms with Crippen molar-refractivity contribution in [2.24, 2.45) is 7.05 Å². The molecule has 2 aromatic carbocycles. The van der Waals surface area contributed by atoms with Crippen LogP contribution in [0.4, 0.5) is 0 Å². The highest BCUT2D eigenvalue weighted by Gasteiger charge is 2.43. The van der Waals surface area contributed by atoms with Crippen LogP contribution in [0.1, 0.15) is 30.5 Å². The molecule has 2 saturated heterocycles. The molecule has 1 spiro atoms. The third kappa shape index (κ3) is 5.49. The molecule has 0 radical (unpaired) electrons. The molecule has 0 aliphatic carbocycles. The zero-order valence-corrected chi connectivity index (χ0v) is 27.4. The Hall–Kier alpha value is -4.09. The summed E-state index contributed by atoms with van der Waals surface area (Å²) in [5.41, 5.74) is 7.68. The van der Waals surface area contributed by atoms with E-state index in [0.29, 0.717) is 46.0 Å². The summed E-state index contributed by atoms with van der Waals surface area (Å²) in [5, 5.41) is 7.32. The topological polar surface area (TPSA) is 110 Å². The van der Waals surface area contributed by atoms with Crippen LogP contribution in [0.2, 0.25) is 10.0 Å². The van der Waals surface area contributed by atoms with Crippen LogP contribution in [-0.4, -0.2) is 68.1 Å². The van der Waals surface area contributed by atoms with Crippen molar-refractivity contribution < 1.29 is 9.53 Å². The number of aryl methyl sites for hydroxylation is 1. The molecule has 3 aromatic heterocycles. The van der Waals surface area contributed by atoms with Crippen molar-refractivity contribution in [2.75, 3.05) is 27.2 Å². The number of amides is 1. The molecule has 2 aliphatic rings. The summed E-state index contributed by atoms with van der Waals surface area (Å²) in [6.45, 7) is 3.08. The summed E-state index contributed by atoms with van der Waals surface area (Å²) in [6.07, 6.45) is 8.08. The Kier molecular flexibility index (Phi) is 8.14. The maximum absolute atomic E-state index is 11.9. The van der Waals surface area contributed by atoms with E-state index >= 15 is 0 Å². The number of nitrogens with zero attached hydrogens (tertiary/aromatic N) is 6.